The molecule has 0 bridgehead atoms. The number of nitrogens with two attached hydrogens (primary N) is 1. The Morgan fingerprint density at radius 1 is 1.24 bits per heavy atom. The first-order valence-corrected chi connectivity index (χ1v) is 8.74. The fraction of sp³-hybridized carbons (Fsp3) is 0. The number of halogens is 2. The number of sulfonamides is 1. The monoisotopic (exact) mass is 404 g/mol. The minimum atomic E-state index is -3.81. The van der Waals surface area contributed by atoms with Gasteiger partial charge in [-0.05, 0) is 40.2 Å². The van der Waals surface area contributed by atoms with Gasteiger partial charge in [0.25, 0.3) is 10.0 Å². The van der Waals surface area contributed by atoms with Gasteiger partial charge in [0.05, 0.1) is 10.6 Å². The van der Waals surface area contributed by atoms with E-state index < -0.39 is 10.0 Å². The van der Waals surface area contributed by atoms with Gasteiger partial charge in [0, 0.05) is 15.1 Å². The molecule has 2 aromatic rings. The summed E-state index contributed by atoms with van der Waals surface area (Å²) in [4.78, 5) is 0.0468. The van der Waals surface area contributed by atoms with Crippen LogP contribution < -0.4 is 10.5 Å². The van der Waals surface area contributed by atoms with E-state index in [-0.39, 0.29) is 9.88 Å². The fourth-order valence-corrected chi connectivity index (χ4v) is 4.13. The predicted octanol–water partition coefficient (Wildman–Crippen LogP) is 3.54. The number of hydrogen-bond acceptors (Lipinski definition) is 3. The van der Waals surface area contributed by atoms with E-state index in [1.165, 1.54) is 6.07 Å². The fourth-order valence-electron chi connectivity index (χ4n) is 1.68. The van der Waals surface area contributed by atoms with Crippen LogP contribution >= 0.6 is 39.7 Å². The van der Waals surface area contributed by atoms with Crippen LogP contribution in [0.4, 0.5) is 5.69 Å². The highest BCUT2D eigenvalue weighted by molar-refractivity contribution is 9.10. The highest BCUT2D eigenvalue weighted by atomic mass is 79.9. The highest BCUT2D eigenvalue weighted by Crippen LogP contribution is 2.28. The molecule has 0 atom stereocenters. The summed E-state index contributed by atoms with van der Waals surface area (Å²) in [5.74, 6) is 0. The largest absolute Gasteiger partial charge is 0.389 e. The smallest absolute Gasteiger partial charge is 0.262 e. The number of hydrogen-bond donors (Lipinski definition) is 2. The lowest BCUT2D eigenvalue weighted by atomic mass is 10.2. The van der Waals surface area contributed by atoms with Gasteiger partial charge in [-0.15, -0.1) is 0 Å². The van der Waals surface area contributed by atoms with Crippen LogP contribution in [0.15, 0.2) is 51.8 Å². The summed E-state index contributed by atoms with van der Waals surface area (Å²) in [5.41, 5.74) is 6.24. The second kappa shape index (κ2) is 6.31. The summed E-state index contributed by atoms with van der Waals surface area (Å²) in [6.07, 6.45) is 0. The van der Waals surface area contributed by atoms with Gasteiger partial charge in [-0.2, -0.15) is 0 Å². The number of benzene rings is 2. The van der Waals surface area contributed by atoms with Crippen LogP contribution in [-0.4, -0.2) is 13.4 Å². The second-order valence-electron chi connectivity index (χ2n) is 4.09. The van der Waals surface area contributed by atoms with Crippen LogP contribution in [-0.2, 0) is 10.0 Å². The van der Waals surface area contributed by atoms with Gasteiger partial charge in [0.1, 0.15) is 4.99 Å². The van der Waals surface area contributed by atoms with Crippen molar-refractivity contribution in [2.75, 3.05) is 4.72 Å². The lowest BCUT2D eigenvalue weighted by Gasteiger charge is -2.12. The maximum Gasteiger partial charge on any atom is 0.262 e. The molecule has 2 aromatic carbocycles. The van der Waals surface area contributed by atoms with Crippen LogP contribution in [0, 0.1) is 0 Å². The Morgan fingerprint density at radius 3 is 2.52 bits per heavy atom. The molecule has 0 saturated carbocycles. The van der Waals surface area contributed by atoms with Gasteiger partial charge in [-0.1, -0.05) is 42.0 Å². The number of anilines is 1. The van der Waals surface area contributed by atoms with Crippen LogP contribution in [0.2, 0.25) is 5.02 Å². The van der Waals surface area contributed by atoms with Gasteiger partial charge in [0.2, 0.25) is 0 Å². The molecule has 0 heterocycles. The molecule has 3 N–H and O–H groups in total. The summed E-state index contributed by atoms with van der Waals surface area (Å²) >= 11 is 14.0. The normalized spacial score (nSPS) is 11.1. The van der Waals surface area contributed by atoms with Crippen LogP contribution in [0.1, 0.15) is 5.56 Å². The Bertz CT molecular complexity index is 810. The molecule has 0 aliphatic rings. The van der Waals surface area contributed by atoms with E-state index >= 15 is 0 Å². The molecule has 0 amide bonds. The second-order valence-corrected chi connectivity index (χ2v) is 7.47. The van der Waals surface area contributed by atoms with Gasteiger partial charge in [-0.25, -0.2) is 8.42 Å². The first-order valence-electron chi connectivity index (χ1n) is 5.68. The van der Waals surface area contributed by atoms with E-state index in [4.69, 9.17) is 29.6 Å². The minimum absolute atomic E-state index is 0.0196. The van der Waals surface area contributed by atoms with Crippen molar-refractivity contribution in [1.29, 1.82) is 0 Å². The zero-order chi connectivity index (χ0) is 15.6. The van der Waals surface area contributed by atoms with Gasteiger partial charge in [-0.3, -0.25) is 4.72 Å². The topological polar surface area (TPSA) is 72.2 Å². The SMILES string of the molecule is NC(=S)c1ccccc1S(=O)(=O)Nc1ccc(Cl)cc1Br. The van der Waals surface area contributed by atoms with E-state index in [9.17, 15) is 8.42 Å². The lowest BCUT2D eigenvalue weighted by Crippen LogP contribution is -2.19. The first kappa shape index (κ1) is 16.2. The summed E-state index contributed by atoms with van der Waals surface area (Å²) in [6, 6.07) is 11.0. The number of rotatable bonds is 4. The van der Waals surface area contributed by atoms with Crippen LogP contribution in [0.5, 0.6) is 0 Å². The van der Waals surface area contributed by atoms with Crippen molar-refractivity contribution in [3.63, 3.8) is 0 Å². The minimum Gasteiger partial charge on any atom is -0.389 e. The predicted molar refractivity (Wildman–Crippen MR) is 92.3 cm³/mol. The van der Waals surface area contributed by atoms with E-state index in [1.54, 1.807) is 36.4 Å². The third-order valence-electron chi connectivity index (χ3n) is 2.62. The average molecular weight is 406 g/mol. The Balaban J connectivity index is 2.46. The molecular weight excluding hydrogens is 396 g/mol. The van der Waals surface area contributed by atoms with Gasteiger partial charge < -0.3 is 5.73 Å². The van der Waals surface area contributed by atoms with Crippen molar-refractivity contribution in [1.82, 2.24) is 0 Å². The lowest BCUT2D eigenvalue weighted by molar-refractivity contribution is 0.601. The maximum absolute atomic E-state index is 12.5. The molecule has 110 valence electrons. The molecule has 0 spiro atoms. The molecule has 0 radical (unpaired) electrons. The van der Waals surface area contributed by atoms with E-state index in [2.05, 4.69) is 20.7 Å². The third-order valence-corrected chi connectivity index (χ3v) is 5.15. The zero-order valence-corrected chi connectivity index (χ0v) is 14.5. The van der Waals surface area contributed by atoms with Crippen LogP contribution in [0.3, 0.4) is 0 Å². The third kappa shape index (κ3) is 3.74. The standard InChI is InChI=1S/C13H10BrClN2O2S2/c14-10-7-8(15)5-6-11(10)17-21(18,19)12-4-2-1-3-9(12)13(16)20/h1-7,17H,(H2,16,20). The molecule has 0 aromatic heterocycles. The molecule has 4 nitrogen and oxygen atoms in total. The molecule has 0 unspecified atom stereocenters. The van der Waals surface area contributed by atoms with Crippen molar-refractivity contribution in [3.05, 3.63) is 57.5 Å². The molecule has 0 saturated heterocycles. The van der Waals surface area contributed by atoms with E-state index in [1.807, 2.05) is 0 Å². The quantitative estimate of drug-likeness (QED) is 0.763. The van der Waals surface area contributed by atoms with Crippen LogP contribution in [0.25, 0.3) is 0 Å². The number of nitrogens with one attached hydrogen (secondary N) is 1. The Kier molecular flexibility index (Phi) is 4.88. The molecule has 0 fully saturated rings. The Labute approximate surface area is 141 Å². The van der Waals surface area contributed by atoms with E-state index in [0.29, 0.717) is 20.7 Å². The van der Waals surface area contributed by atoms with Crippen molar-refractivity contribution in [2.24, 2.45) is 5.73 Å². The maximum atomic E-state index is 12.5. The average Bonchev–Trinajstić information content (AvgIpc) is 2.42. The zero-order valence-electron chi connectivity index (χ0n) is 10.5. The summed E-state index contributed by atoms with van der Waals surface area (Å²) < 4.78 is 28.0. The molecule has 8 heteroatoms. The van der Waals surface area contributed by atoms with Gasteiger partial charge in [0.15, 0.2) is 0 Å². The van der Waals surface area contributed by atoms with Crippen molar-refractivity contribution >= 4 is 60.4 Å². The first-order chi connectivity index (χ1) is 9.81. The summed E-state index contributed by atoms with van der Waals surface area (Å²) in [7, 11) is -3.81. The summed E-state index contributed by atoms with van der Waals surface area (Å²) in [6.45, 7) is 0. The number of thiocarbonyl (C=S) groups is 1. The van der Waals surface area contributed by atoms with Gasteiger partial charge >= 0.3 is 0 Å². The molecule has 0 aliphatic carbocycles. The molecule has 21 heavy (non-hydrogen) atoms. The molecule has 2 rings (SSSR count). The summed E-state index contributed by atoms with van der Waals surface area (Å²) in [5, 5.41) is 0.494. The Hall–Kier alpha value is -1.15. The van der Waals surface area contributed by atoms with Crippen molar-refractivity contribution < 1.29 is 8.42 Å². The van der Waals surface area contributed by atoms with E-state index in [0.717, 1.165) is 0 Å². The van der Waals surface area contributed by atoms with Crippen molar-refractivity contribution in [2.45, 2.75) is 4.90 Å². The molecule has 0 aliphatic heterocycles. The Morgan fingerprint density at radius 2 is 1.90 bits per heavy atom. The van der Waals surface area contributed by atoms with Crippen molar-refractivity contribution in [3.8, 4) is 0 Å². The molecular formula is C13H10BrClN2O2S2. The highest BCUT2D eigenvalue weighted by Gasteiger charge is 2.20.